The summed E-state index contributed by atoms with van der Waals surface area (Å²) in [5.74, 6) is -0.224. The number of halogens is 1. The van der Waals surface area contributed by atoms with Crippen molar-refractivity contribution in [3.8, 4) is 5.88 Å². The van der Waals surface area contributed by atoms with Gasteiger partial charge >= 0.3 is 0 Å². The number of rotatable bonds is 7. The summed E-state index contributed by atoms with van der Waals surface area (Å²) >= 11 is 6.16. The van der Waals surface area contributed by atoms with Crippen LogP contribution in [0.3, 0.4) is 0 Å². The lowest BCUT2D eigenvalue weighted by molar-refractivity contribution is -0.119. The summed E-state index contributed by atoms with van der Waals surface area (Å²) in [6.07, 6.45) is 0. The fourth-order valence-corrected chi connectivity index (χ4v) is 4.15. The molecule has 2 amide bonds. The van der Waals surface area contributed by atoms with Crippen LogP contribution in [0.15, 0.2) is 71.7 Å². The fraction of sp³-hybridized carbons (Fsp3) is 0.179. The number of benzene rings is 3. The van der Waals surface area contributed by atoms with Crippen LogP contribution < -0.4 is 10.2 Å². The Balaban J connectivity index is 1.78. The monoisotopic (exact) mass is 517 g/mol. The predicted molar refractivity (Wildman–Crippen MR) is 149 cm³/mol. The van der Waals surface area contributed by atoms with Crippen molar-refractivity contribution in [3.05, 3.63) is 82.9 Å². The summed E-state index contributed by atoms with van der Waals surface area (Å²) in [6, 6.07) is 19.9. The van der Waals surface area contributed by atoms with Gasteiger partial charge in [-0.2, -0.15) is 0 Å². The Kier molecular flexibility index (Phi) is 7.61. The highest BCUT2D eigenvalue weighted by molar-refractivity contribution is 6.31. The normalized spacial score (nSPS) is 11.7. The molecule has 4 rings (SSSR count). The van der Waals surface area contributed by atoms with Crippen molar-refractivity contribution in [2.45, 2.75) is 6.92 Å². The summed E-state index contributed by atoms with van der Waals surface area (Å²) in [7, 11) is 5.44. The van der Waals surface area contributed by atoms with Gasteiger partial charge in [0.2, 0.25) is 11.8 Å². The third-order valence-electron chi connectivity index (χ3n) is 5.76. The molecule has 3 aromatic carbocycles. The maximum absolute atomic E-state index is 12.4. The van der Waals surface area contributed by atoms with Gasteiger partial charge in [0.25, 0.3) is 0 Å². The van der Waals surface area contributed by atoms with Crippen LogP contribution in [0.2, 0.25) is 5.02 Å². The van der Waals surface area contributed by atoms with Crippen molar-refractivity contribution in [1.29, 1.82) is 0 Å². The van der Waals surface area contributed by atoms with Crippen molar-refractivity contribution in [2.24, 2.45) is 4.99 Å². The molecule has 0 fully saturated rings. The highest BCUT2D eigenvalue weighted by Crippen LogP contribution is 2.33. The number of hydrogen-bond acceptors (Lipinski definition) is 5. The number of nitrogens with zero attached hydrogens (tertiary/aromatic N) is 3. The number of hydrogen-bond donors (Lipinski definition) is 3. The Bertz CT molecular complexity index is 1470. The van der Waals surface area contributed by atoms with E-state index in [1.54, 1.807) is 36.2 Å². The molecule has 0 radical (unpaired) electrons. The summed E-state index contributed by atoms with van der Waals surface area (Å²) in [5, 5.41) is 14.9. The van der Waals surface area contributed by atoms with Crippen LogP contribution in [0.5, 0.6) is 5.88 Å². The molecule has 9 heteroatoms. The molecule has 0 aliphatic rings. The number of likely N-dealkylation sites (N-methyl/N-ethyl adjacent to an activating group) is 2. The van der Waals surface area contributed by atoms with Gasteiger partial charge in [0.1, 0.15) is 0 Å². The van der Waals surface area contributed by atoms with E-state index >= 15 is 0 Å². The molecule has 0 saturated heterocycles. The van der Waals surface area contributed by atoms with Crippen molar-refractivity contribution in [3.63, 3.8) is 0 Å². The molecule has 8 nitrogen and oxygen atoms in total. The third kappa shape index (κ3) is 5.99. The zero-order valence-corrected chi connectivity index (χ0v) is 21.8. The molecule has 3 N–H and O–H groups in total. The van der Waals surface area contributed by atoms with Crippen LogP contribution in [-0.4, -0.2) is 60.2 Å². The van der Waals surface area contributed by atoms with Crippen LogP contribution in [-0.2, 0) is 9.59 Å². The molecule has 37 heavy (non-hydrogen) atoms. The van der Waals surface area contributed by atoms with Gasteiger partial charge in [-0.1, -0.05) is 29.8 Å². The molecule has 0 aliphatic heterocycles. The predicted octanol–water partition coefficient (Wildman–Crippen LogP) is 5.18. The van der Waals surface area contributed by atoms with Crippen LogP contribution in [0.1, 0.15) is 18.1 Å². The lowest BCUT2D eigenvalue weighted by Crippen LogP contribution is -2.34. The first kappa shape index (κ1) is 25.9. The van der Waals surface area contributed by atoms with E-state index in [-0.39, 0.29) is 17.7 Å². The Morgan fingerprint density at radius 1 is 1.00 bits per heavy atom. The summed E-state index contributed by atoms with van der Waals surface area (Å²) in [6.45, 7) is 1.75. The maximum Gasteiger partial charge on any atom is 0.240 e. The third-order valence-corrected chi connectivity index (χ3v) is 5.99. The van der Waals surface area contributed by atoms with Gasteiger partial charge in [-0.15, -0.1) is 0 Å². The lowest BCUT2D eigenvalue weighted by Gasteiger charge is -2.19. The number of aromatic amines is 1. The highest BCUT2D eigenvalue weighted by atomic mass is 35.5. The van der Waals surface area contributed by atoms with E-state index in [1.165, 1.54) is 6.92 Å². The van der Waals surface area contributed by atoms with Gasteiger partial charge in [-0.3, -0.25) is 9.59 Å². The molecule has 0 unspecified atom stereocenters. The Morgan fingerprint density at radius 3 is 2.30 bits per heavy atom. The first-order valence-corrected chi connectivity index (χ1v) is 12.0. The number of H-pyrrole nitrogens is 1. The smallest absolute Gasteiger partial charge is 0.240 e. The van der Waals surface area contributed by atoms with Gasteiger partial charge in [0.05, 0.1) is 29.0 Å². The fourth-order valence-electron chi connectivity index (χ4n) is 3.98. The van der Waals surface area contributed by atoms with E-state index in [0.29, 0.717) is 39.7 Å². The van der Waals surface area contributed by atoms with Gasteiger partial charge < -0.3 is 25.2 Å². The molecule has 0 saturated carbocycles. The van der Waals surface area contributed by atoms with Crippen LogP contribution in [0, 0.1) is 0 Å². The lowest BCUT2D eigenvalue weighted by atomic mass is 10.0. The zero-order chi connectivity index (χ0) is 26.7. The van der Waals surface area contributed by atoms with Crippen LogP contribution >= 0.6 is 11.6 Å². The highest BCUT2D eigenvalue weighted by Gasteiger charge is 2.19. The number of anilines is 2. The van der Waals surface area contributed by atoms with Crippen molar-refractivity contribution in [2.75, 3.05) is 37.9 Å². The number of aromatic hydroxyl groups is 1. The summed E-state index contributed by atoms with van der Waals surface area (Å²) in [4.78, 5) is 35.2. The SMILES string of the molecule is CC(=O)Nc1ccc(C(=Nc2ccc(N(C)C(=O)CN(C)C)cc2)c2c(O)[nH]c3cc(Cl)ccc23)cc1. The van der Waals surface area contributed by atoms with Crippen LogP contribution in [0.4, 0.5) is 17.1 Å². The Hall–Kier alpha value is -4.14. The van der Waals surface area contributed by atoms with Gasteiger partial charge in [-0.05, 0) is 62.6 Å². The second-order valence-electron chi connectivity index (χ2n) is 8.96. The second kappa shape index (κ2) is 10.9. The second-order valence-corrected chi connectivity index (χ2v) is 9.40. The minimum Gasteiger partial charge on any atom is -0.494 e. The standard InChI is InChI=1S/C28H28ClN5O3/c1-17(35)30-20-8-5-18(6-9-20)27(26-23-14-7-19(29)15-24(23)32-28(26)37)31-21-10-12-22(13-11-21)34(4)25(36)16-33(2)3/h5-15,32,37H,16H2,1-4H3,(H,30,35). The summed E-state index contributed by atoms with van der Waals surface area (Å²) in [5.41, 5.74) is 4.52. The van der Waals surface area contributed by atoms with Gasteiger partial charge in [0.15, 0.2) is 5.88 Å². The Labute approximate surface area is 220 Å². The first-order chi connectivity index (χ1) is 17.6. The first-order valence-electron chi connectivity index (χ1n) is 11.6. The molecule has 0 spiro atoms. The molecular formula is C28H28ClN5O3. The average molecular weight is 518 g/mol. The van der Waals surface area contributed by atoms with E-state index in [9.17, 15) is 14.7 Å². The number of aliphatic imine (C=N–C) groups is 1. The molecule has 1 aromatic heterocycles. The maximum atomic E-state index is 12.4. The number of carbonyl (C=O) groups excluding carboxylic acids is 2. The van der Waals surface area contributed by atoms with E-state index in [0.717, 1.165) is 16.6 Å². The number of nitrogens with one attached hydrogen (secondary N) is 2. The quantitative estimate of drug-likeness (QED) is 0.294. The molecule has 0 atom stereocenters. The van der Waals surface area contributed by atoms with Crippen LogP contribution in [0.25, 0.3) is 10.9 Å². The van der Waals surface area contributed by atoms with Crippen molar-refractivity contribution < 1.29 is 14.7 Å². The van der Waals surface area contributed by atoms with Crippen molar-refractivity contribution in [1.82, 2.24) is 9.88 Å². The Morgan fingerprint density at radius 2 is 1.68 bits per heavy atom. The molecule has 4 aromatic rings. The minimum atomic E-state index is -0.165. The van der Waals surface area contributed by atoms with Gasteiger partial charge in [0, 0.05) is 41.3 Å². The molecule has 1 heterocycles. The largest absolute Gasteiger partial charge is 0.494 e. The molecular weight excluding hydrogens is 490 g/mol. The molecule has 0 aliphatic carbocycles. The number of amides is 2. The molecule has 190 valence electrons. The van der Waals surface area contributed by atoms with Gasteiger partial charge in [-0.25, -0.2) is 4.99 Å². The number of carbonyl (C=O) groups is 2. The topological polar surface area (TPSA) is 101 Å². The number of aromatic nitrogens is 1. The average Bonchev–Trinajstić information content (AvgIpc) is 3.16. The van der Waals surface area contributed by atoms with E-state index in [1.807, 2.05) is 61.5 Å². The zero-order valence-electron chi connectivity index (χ0n) is 21.0. The van der Waals surface area contributed by atoms with E-state index in [4.69, 9.17) is 16.6 Å². The number of fused-ring (bicyclic) bond motifs is 1. The van der Waals surface area contributed by atoms with Crippen molar-refractivity contribution >= 4 is 57.1 Å². The van der Waals surface area contributed by atoms with E-state index in [2.05, 4.69) is 10.3 Å². The van der Waals surface area contributed by atoms with E-state index < -0.39 is 0 Å². The molecule has 0 bridgehead atoms. The minimum absolute atomic E-state index is 0.0245. The summed E-state index contributed by atoms with van der Waals surface area (Å²) < 4.78 is 0.